The second-order valence-electron chi connectivity index (χ2n) is 6.88. The normalized spacial score (nSPS) is 14.5. The van der Waals surface area contributed by atoms with Crippen LogP contribution in [0.2, 0.25) is 5.02 Å². The Morgan fingerprint density at radius 3 is 2.42 bits per heavy atom. The summed E-state index contributed by atoms with van der Waals surface area (Å²) in [7, 11) is 0. The average molecular weight is 562 g/mol. The molecule has 4 nitrogen and oxygen atoms in total. The summed E-state index contributed by atoms with van der Waals surface area (Å²) in [6.45, 7) is 2.34. The second kappa shape index (κ2) is 9.39. The van der Waals surface area contributed by atoms with Crippen LogP contribution in [0.1, 0.15) is 22.3 Å². The maximum absolute atomic E-state index is 12.3. The number of carbonyl (C=O) groups is 1. The summed E-state index contributed by atoms with van der Waals surface area (Å²) in [5.41, 5.74) is 3.81. The molecule has 1 aliphatic rings. The van der Waals surface area contributed by atoms with E-state index in [1.54, 1.807) is 6.08 Å². The molecule has 1 heterocycles. The Labute approximate surface area is 201 Å². The SMILES string of the molecule is Cc1ccccc1C1=N/C(=C\c2cc(Br)c(OCc3ccc(Cl)cc3)c(Br)c2)C(=O)O1. The summed E-state index contributed by atoms with van der Waals surface area (Å²) in [5, 5.41) is 0.683. The first-order valence-corrected chi connectivity index (χ1v) is 11.3. The predicted octanol–water partition coefficient (Wildman–Crippen LogP) is 7.10. The molecule has 0 amide bonds. The van der Waals surface area contributed by atoms with Crippen molar-refractivity contribution in [2.45, 2.75) is 13.5 Å². The number of aryl methyl sites for hydroxylation is 1. The van der Waals surface area contributed by atoms with Crippen molar-refractivity contribution in [2.24, 2.45) is 4.99 Å². The summed E-state index contributed by atoms with van der Waals surface area (Å²) in [6.07, 6.45) is 1.69. The number of ether oxygens (including phenoxy) is 2. The fourth-order valence-corrected chi connectivity index (χ4v) is 4.61. The van der Waals surface area contributed by atoms with Gasteiger partial charge in [-0.25, -0.2) is 9.79 Å². The zero-order chi connectivity index (χ0) is 22.0. The van der Waals surface area contributed by atoms with Crippen molar-refractivity contribution in [3.05, 3.63) is 103 Å². The van der Waals surface area contributed by atoms with Crippen LogP contribution < -0.4 is 4.74 Å². The number of carbonyl (C=O) groups excluding carboxylic acids is 1. The summed E-state index contributed by atoms with van der Waals surface area (Å²) >= 11 is 13.0. The molecule has 0 aliphatic carbocycles. The number of hydrogen-bond donors (Lipinski definition) is 0. The van der Waals surface area contributed by atoms with Crippen molar-refractivity contribution in [3.8, 4) is 5.75 Å². The van der Waals surface area contributed by atoms with E-state index in [4.69, 9.17) is 21.1 Å². The van der Waals surface area contributed by atoms with Crippen LogP contribution in [0.25, 0.3) is 6.08 Å². The van der Waals surface area contributed by atoms with Gasteiger partial charge in [-0.05, 0) is 91.9 Å². The maximum Gasteiger partial charge on any atom is 0.363 e. The highest BCUT2D eigenvalue weighted by molar-refractivity contribution is 9.11. The Morgan fingerprint density at radius 2 is 1.74 bits per heavy atom. The van der Waals surface area contributed by atoms with Gasteiger partial charge in [0.25, 0.3) is 0 Å². The molecule has 0 radical (unpaired) electrons. The van der Waals surface area contributed by atoms with Crippen LogP contribution in [-0.2, 0) is 16.1 Å². The second-order valence-corrected chi connectivity index (χ2v) is 9.02. The van der Waals surface area contributed by atoms with E-state index in [9.17, 15) is 4.79 Å². The van der Waals surface area contributed by atoms with E-state index >= 15 is 0 Å². The van der Waals surface area contributed by atoms with E-state index < -0.39 is 5.97 Å². The third kappa shape index (κ3) is 5.09. The van der Waals surface area contributed by atoms with Gasteiger partial charge >= 0.3 is 5.97 Å². The molecular formula is C24H16Br2ClNO3. The zero-order valence-electron chi connectivity index (χ0n) is 16.4. The fraction of sp³-hybridized carbons (Fsp3) is 0.0833. The molecule has 0 bridgehead atoms. The smallest absolute Gasteiger partial charge is 0.363 e. The van der Waals surface area contributed by atoms with E-state index in [1.165, 1.54) is 0 Å². The van der Waals surface area contributed by atoms with Crippen LogP contribution in [-0.4, -0.2) is 11.9 Å². The van der Waals surface area contributed by atoms with Crippen molar-refractivity contribution in [1.82, 2.24) is 0 Å². The quantitative estimate of drug-likeness (QED) is 0.247. The van der Waals surface area contributed by atoms with Crippen LogP contribution in [0.3, 0.4) is 0 Å². The molecule has 3 aromatic rings. The molecular weight excluding hydrogens is 546 g/mol. The molecule has 0 atom stereocenters. The summed E-state index contributed by atoms with van der Waals surface area (Å²) in [5.74, 6) is 0.499. The lowest BCUT2D eigenvalue weighted by Gasteiger charge is -2.11. The van der Waals surface area contributed by atoms with E-state index in [0.717, 1.165) is 31.2 Å². The number of rotatable bonds is 5. The minimum absolute atomic E-state index is 0.242. The molecule has 31 heavy (non-hydrogen) atoms. The lowest BCUT2D eigenvalue weighted by atomic mass is 10.1. The van der Waals surface area contributed by atoms with Crippen LogP contribution >= 0.6 is 43.5 Å². The van der Waals surface area contributed by atoms with Crippen LogP contribution in [0.4, 0.5) is 0 Å². The number of benzene rings is 3. The van der Waals surface area contributed by atoms with Gasteiger partial charge in [-0.2, -0.15) is 0 Å². The molecule has 0 N–H and O–H groups in total. The van der Waals surface area contributed by atoms with Gasteiger partial charge in [0.15, 0.2) is 5.70 Å². The zero-order valence-corrected chi connectivity index (χ0v) is 20.3. The lowest BCUT2D eigenvalue weighted by Crippen LogP contribution is -2.06. The first kappa shape index (κ1) is 21.8. The molecule has 156 valence electrons. The Bertz CT molecular complexity index is 1200. The summed E-state index contributed by atoms with van der Waals surface area (Å²) in [6, 6.07) is 18.9. The topological polar surface area (TPSA) is 47.9 Å². The first-order chi connectivity index (χ1) is 14.9. The van der Waals surface area contributed by atoms with Crippen LogP contribution in [0.5, 0.6) is 5.75 Å². The van der Waals surface area contributed by atoms with Crippen molar-refractivity contribution >= 4 is 61.4 Å². The van der Waals surface area contributed by atoms with Crippen molar-refractivity contribution in [3.63, 3.8) is 0 Å². The van der Waals surface area contributed by atoms with Crippen molar-refractivity contribution in [1.29, 1.82) is 0 Å². The Hall–Kier alpha value is -2.41. The number of cyclic esters (lactones) is 1. The number of aliphatic imine (C=N–C) groups is 1. The number of halogens is 3. The van der Waals surface area contributed by atoms with Gasteiger partial charge in [0.2, 0.25) is 5.90 Å². The standard InChI is InChI=1S/C24H16Br2ClNO3/c1-14-4-2-3-5-18(14)23-28-21(24(29)31-23)12-16-10-19(25)22(20(26)11-16)30-13-15-6-8-17(27)9-7-15/h2-12H,13H2,1H3/b21-12-. The molecule has 0 fully saturated rings. The minimum Gasteiger partial charge on any atom is -0.487 e. The van der Waals surface area contributed by atoms with Crippen LogP contribution in [0.15, 0.2) is 80.3 Å². The predicted molar refractivity (Wildman–Crippen MR) is 129 cm³/mol. The van der Waals surface area contributed by atoms with Gasteiger partial charge in [0, 0.05) is 10.6 Å². The Morgan fingerprint density at radius 1 is 1.06 bits per heavy atom. The van der Waals surface area contributed by atoms with Gasteiger partial charge in [-0.1, -0.05) is 41.9 Å². The summed E-state index contributed by atoms with van der Waals surface area (Å²) in [4.78, 5) is 16.7. The number of nitrogens with zero attached hydrogens (tertiary/aromatic N) is 1. The third-order valence-electron chi connectivity index (χ3n) is 4.62. The van der Waals surface area contributed by atoms with Gasteiger partial charge in [-0.3, -0.25) is 0 Å². The molecule has 0 aromatic heterocycles. The van der Waals surface area contributed by atoms with Gasteiger partial charge in [0.05, 0.1) is 8.95 Å². The minimum atomic E-state index is -0.478. The van der Waals surface area contributed by atoms with Gasteiger partial charge in [-0.15, -0.1) is 0 Å². The molecule has 0 saturated heterocycles. The van der Waals surface area contributed by atoms with Gasteiger partial charge in [0.1, 0.15) is 12.4 Å². The van der Waals surface area contributed by atoms with Gasteiger partial charge < -0.3 is 9.47 Å². The van der Waals surface area contributed by atoms with E-state index in [2.05, 4.69) is 36.9 Å². The number of hydrogen-bond acceptors (Lipinski definition) is 4. The molecule has 0 spiro atoms. The highest BCUT2D eigenvalue weighted by Gasteiger charge is 2.25. The molecule has 0 saturated carbocycles. The number of esters is 1. The van der Waals surface area contributed by atoms with E-state index in [1.807, 2.05) is 67.6 Å². The van der Waals surface area contributed by atoms with Crippen molar-refractivity contribution in [2.75, 3.05) is 0 Å². The summed E-state index contributed by atoms with van der Waals surface area (Å²) < 4.78 is 12.8. The maximum atomic E-state index is 12.3. The average Bonchev–Trinajstić information content (AvgIpc) is 3.09. The van der Waals surface area contributed by atoms with E-state index in [0.29, 0.717) is 23.3 Å². The molecule has 0 unspecified atom stereocenters. The fourth-order valence-electron chi connectivity index (χ4n) is 3.03. The molecule has 7 heteroatoms. The Kier molecular flexibility index (Phi) is 6.60. The third-order valence-corrected chi connectivity index (χ3v) is 6.05. The first-order valence-electron chi connectivity index (χ1n) is 9.35. The monoisotopic (exact) mass is 559 g/mol. The highest BCUT2D eigenvalue weighted by atomic mass is 79.9. The van der Waals surface area contributed by atoms with Crippen molar-refractivity contribution < 1.29 is 14.3 Å². The Balaban J connectivity index is 1.56. The molecule has 3 aromatic carbocycles. The largest absolute Gasteiger partial charge is 0.487 e. The van der Waals surface area contributed by atoms with E-state index in [-0.39, 0.29) is 5.70 Å². The molecule has 1 aliphatic heterocycles. The molecule has 4 rings (SSSR count). The lowest BCUT2D eigenvalue weighted by molar-refractivity contribution is -0.129. The van der Waals surface area contributed by atoms with Crippen LogP contribution in [0, 0.1) is 6.92 Å². The highest BCUT2D eigenvalue weighted by Crippen LogP contribution is 2.36.